The zero-order valence-corrected chi connectivity index (χ0v) is 11.0. The monoisotopic (exact) mass is 245 g/mol. The van der Waals surface area contributed by atoms with Crippen LogP contribution in [0.1, 0.15) is 38.5 Å². The number of carboxylic acids is 1. The fourth-order valence-electron chi connectivity index (χ4n) is 2.28. The van der Waals surface area contributed by atoms with Crippen molar-refractivity contribution in [3.05, 3.63) is 0 Å². The number of likely N-dealkylation sites (tertiary alicyclic amines) is 1. The molecule has 0 aromatic rings. The third-order valence-corrected chi connectivity index (χ3v) is 3.89. The van der Waals surface area contributed by atoms with Crippen LogP contribution in [0, 0.1) is 0 Å². The largest absolute Gasteiger partial charge is 0.480 e. The van der Waals surface area contributed by atoms with Gasteiger partial charge in [-0.15, -0.1) is 0 Å². The molecule has 0 aromatic carbocycles. The van der Waals surface area contributed by atoms with Crippen LogP contribution in [0.4, 0.5) is 0 Å². The Hall–Kier alpha value is -0.220. The molecule has 0 spiro atoms. The summed E-state index contributed by atoms with van der Waals surface area (Å²) in [5.74, 6) is 0.553. The SMILES string of the molecule is CSCCCCN1CCCCCC1C(=O)O. The van der Waals surface area contributed by atoms with Gasteiger partial charge in [-0.3, -0.25) is 9.69 Å². The molecule has 0 bridgehead atoms. The molecule has 0 amide bonds. The van der Waals surface area contributed by atoms with E-state index in [-0.39, 0.29) is 6.04 Å². The van der Waals surface area contributed by atoms with E-state index in [0.29, 0.717) is 0 Å². The van der Waals surface area contributed by atoms with Gasteiger partial charge in [0.05, 0.1) is 0 Å². The Bertz CT molecular complexity index is 211. The molecule has 94 valence electrons. The van der Waals surface area contributed by atoms with Gasteiger partial charge in [-0.2, -0.15) is 11.8 Å². The fraction of sp³-hybridized carbons (Fsp3) is 0.917. The normalized spacial score (nSPS) is 22.9. The highest BCUT2D eigenvalue weighted by Gasteiger charge is 2.26. The average Bonchev–Trinajstić information content (AvgIpc) is 2.49. The van der Waals surface area contributed by atoms with E-state index in [2.05, 4.69) is 11.2 Å². The fourth-order valence-corrected chi connectivity index (χ4v) is 2.77. The second-order valence-electron chi connectivity index (χ2n) is 4.44. The third-order valence-electron chi connectivity index (χ3n) is 3.19. The highest BCUT2D eigenvalue weighted by Crippen LogP contribution is 2.17. The van der Waals surface area contributed by atoms with Crippen molar-refractivity contribution in [2.45, 2.75) is 44.6 Å². The summed E-state index contributed by atoms with van der Waals surface area (Å²) >= 11 is 1.86. The summed E-state index contributed by atoms with van der Waals surface area (Å²) in [6.07, 6.45) is 8.69. The first-order valence-corrected chi connectivity index (χ1v) is 7.61. The number of carbonyl (C=O) groups is 1. The van der Waals surface area contributed by atoms with Crippen LogP contribution in [0.15, 0.2) is 0 Å². The molecule has 0 saturated carbocycles. The van der Waals surface area contributed by atoms with E-state index < -0.39 is 5.97 Å². The van der Waals surface area contributed by atoms with E-state index >= 15 is 0 Å². The number of aliphatic carboxylic acids is 1. The third kappa shape index (κ3) is 4.74. The molecule has 1 N–H and O–H groups in total. The summed E-state index contributed by atoms with van der Waals surface area (Å²) in [5, 5.41) is 9.19. The van der Waals surface area contributed by atoms with Crippen molar-refractivity contribution in [1.29, 1.82) is 0 Å². The highest BCUT2D eigenvalue weighted by molar-refractivity contribution is 7.98. The van der Waals surface area contributed by atoms with Crippen LogP contribution in [0.25, 0.3) is 0 Å². The van der Waals surface area contributed by atoms with E-state index in [9.17, 15) is 9.90 Å². The molecule has 0 aromatic heterocycles. The lowest BCUT2D eigenvalue weighted by Crippen LogP contribution is -2.41. The number of nitrogens with zero attached hydrogens (tertiary/aromatic N) is 1. The Kier molecular flexibility index (Phi) is 6.88. The maximum absolute atomic E-state index is 11.2. The van der Waals surface area contributed by atoms with Crippen molar-refractivity contribution >= 4 is 17.7 Å². The van der Waals surface area contributed by atoms with E-state index in [1.54, 1.807) is 0 Å². The van der Waals surface area contributed by atoms with Crippen LogP contribution in [0.5, 0.6) is 0 Å². The Balaban J connectivity index is 2.35. The predicted molar refractivity (Wildman–Crippen MR) is 69.1 cm³/mol. The van der Waals surface area contributed by atoms with E-state index in [0.717, 1.165) is 38.8 Å². The zero-order chi connectivity index (χ0) is 11.8. The summed E-state index contributed by atoms with van der Waals surface area (Å²) in [5.41, 5.74) is 0. The maximum Gasteiger partial charge on any atom is 0.320 e. The van der Waals surface area contributed by atoms with Crippen molar-refractivity contribution < 1.29 is 9.90 Å². The van der Waals surface area contributed by atoms with Crippen LogP contribution in [0.3, 0.4) is 0 Å². The molecule has 1 saturated heterocycles. The Labute approximate surface area is 103 Å². The molecule has 1 rings (SSSR count). The molecule has 1 heterocycles. The minimum absolute atomic E-state index is 0.225. The van der Waals surface area contributed by atoms with Crippen molar-refractivity contribution in [3.63, 3.8) is 0 Å². The Morgan fingerprint density at radius 2 is 2.19 bits per heavy atom. The minimum Gasteiger partial charge on any atom is -0.480 e. The molecule has 16 heavy (non-hydrogen) atoms. The van der Waals surface area contributed by atoms with Gasteiger partial charge in [-0.25, -0.2) is 0 Å². The first-order chi connectivity index (χ1) is 7.75. The molecule has 1 unspecified atom stereocenters. The Morgan fingerprint density at radius 1 is 1.38 bits per heavy atom. The van der Waals surface area contributed by atoms with Crippen molar-refractivity contribution in [2.75, 3.05) is 25.1 Å². The van der Waals surface area contributed by atoms with Crippen molar-refractivity contribution in [2.24, 2.45) is 0 Å². The van der Waals surface area contributed by atoms with Crippen LogP contribution in [0.2, 0.25) is 0 Å². The van der Waals surface area contributed by atoms with Crippen LogP contribution < -0.4 is 0 Å². The first-order valence-electron chi connectivity index (χ1n) is 6.21. The number of rotatable bonds is 6. The van der Waals surface area contributed by atoms with E-state index in [4.69, 9.17) is 0 Å². The number of unbranched alkanes of at least 4 members (excludes halogenated alkanes) is 1. The Morgan fingerprint density at radius 3 is 2.88 bits per heavy atom. The van der Waals surface area contributed by atoms with Gasteiger partial charge in [0.2, 0.25) is 0 Å². The second-order valence-corrected chi connectivity index (χ2v) is 5.42. The summed E-state index contributed by atoms with van der Waals surface area (Å²) in [4.78, 5) is 13.3. The number of thioether (sulfide) groups is 1. The van der Waals surface area contributed by atoms with Gasteiger partial charge < -0.3 is 5.11 Å². The quantitative estimate of drug-likeness (QED) is 0.730. The molecular weight excluding hydrogens is 222 g/mol. The molecule has 3 nitrogen and oxygen atoms in total. The molecule has 4 heteroatoms. The van der Waals surface area contributed by atoms with Crippen LogP contribution in [-0.4, -0.2) is 47.1 Å². The van der Waals surface area contributed by atoms with E-state index in [1.165, 1.54) is 18.6 Å². The van der Waals surface area contributed by atoms with Gasteiger partial charge >= 0.3 is 5.97 Å². The van der Waals surface area contributed by atoms with Crippen LogP contribution >= 0.6 is 11.8 Å². The predicted octanol–water partition coefficient (Wildman–Crippen LogP) is 2.46. The van der Waals surface area contributed by atoms with Gasteiger partial charge in [0.25, 0.3) is 0 Å². The second kappa shape index (κ2) is 7.96. The lowest BCUT2D eigenvalue weighted by atomic mass is 10.1. The molecule has 0 radical (unpaired) electrons. The minimum atomic E-state index is -0.633. The summed E-state index contributed by atoms with van der Waals surface area (Å²) in [6.45, 7) is 1.92. The smallest absolute Gasteiger partial charge is 0.320 e. The molecule has 1 atom stereocenters. The lowest BCUT2D eigenvalue weighted by molar-refractivity contribution is -0.143. The maximum atomic E-state index is 11.2. The van der Waals surface area contributed by atoms with Gasteiger partial charge in [-0.05, 0) is 50.8 Å². The van der Waals surface area contributed by atoms with Crippen molar-refractivity contribution in [1.82, 2.24) is 4.90 Å². The van der Waals surface area contributed by atoms with E-state index in [1.807, 2.05) is 11.8 Å². The molecule has 0 aliphatic carbocycles. The molecule has 1 aliphatic rings. The van der Waals surface area contributed by atoms with Gasteiger partial charge in [0, 0.05) is 0 Å². The summed E-state index contributed by atoms with van der Waals surface area (Å²) in [7, 11) is 0. The molecule has 1 fully saturated rings. The van der Waals surface area contributed by atoms with Gasteiger partial charge in [-0.1, -0.05) is 12.8 Å². The lowest BCUT2D eigenvalue weighted by Gasteiger charge is -2.26. The average molecular weight is 245 g/mol. The first kappa shape index (κ1) is 13.8. The van der Waals surface area contributed by atoms with Gasteiger partial charge in [0.15, 0.2) is 0 Å². The topological polar surface area (TPSA) is 40.5 Å². The van der Waals surface area contributed by atoms with Crippen LogP contribution in [-0.2, 0) is 4.79 Å². The molecular formula is C12H23NO2S. The summed E-state index contributed by atoms with van der Waals surface area (Å²) < 4.78 is 0. The van der Waals surface area contributed by atoms with Crippen molar-refractivity contribution in [3.8, 4) is 0 Å². The number of hydrogen-bond donors (Lipinski definition) is 1. The standard InChI is InChI=1S/C12H23NO2S/c1-16-10-6-5-9-13-8-4-2-3-7-11(13)12(14)15/h11H,2-10H2,1H3,(H,14,15). The summed E-state index contributed by atoms with van der Waals surface area (Å²) in [6, 6.07) is -0.225. The zero-order valence-electron chi connectivity index (χ0n) is 10.2. The number of hydrogen-bond acceptors (Lipinski definition) is 3. The number of carboxylic acid groups (broad SMARTS) is 1. The van der Waals surface area contributed by atoms with Gasteiger partial charge in [0.1, 0.15) is 6.04 Å². The molecule has 1 aliphatic heterocycles. The highest BCUT2D eigenvalue weighted by atomic mass is 32.2.